The van der Waals surface area contributed by atoms with Crippen molar-refractivity contribution in [1.82, 2.24) is 15.2 Å². The smallest absolute Gasteiger partial charge is 0.269 e. The van der Waals surface area contributed by atoms with Crippen molar-refractivity contribution in [2.24, 2.45) is 0 Å². The first-order valence-electron chi connectivity index (χ1n) is 9.22. The van der Waals surface area contributed by atoms with E-state index < -0.39 is 15.9 Å². The van der Waals surface area contributed by atoms with Crippen molar-refractivity contribution in [3.05, 3.63) is 64.7 Å². The Labute approximate surface area is 176 Å². The number of hydrogen-bond acceptors (Lipinski definition) is 4. The van der Waals surface area contributed by atoms with Crippen molar-refractivity contribution < 1.29 is 18.0 Å². The highest BCUT2D eigenvalue weighted by atomic mass is 35.5. The second-order valence-corrected chi connectivity index (χ2v) is 8.56. The molecule has 0 bridgehead atoms. The van der Waals surface area contributed by atoms with Crippen molar-refractivity contribution in [2.75, 3.05) is 13.1 Å². The lowest BCUT2D eigenvalue weighted by Crippen LogP contribution is -2.41. The summed E-state index contributed by atoms with van der Waals surface area (Å²) >= 11 is 6.06. The number of sulfonamides is 1. The third-order valence-electron chi connectivity index (χ3n) is 4.33. The van der Waals surface area contributed by atoms with Crippen LogP contribution in [0.2, 0.25) is 5.02 Å². The SMILES string of the molecule is CCN(CC)S(=O)(=O)c1cccc(C(=O)NNC(=O)CCc2ccccc2Cl)c1. The van der Waals surface area contributed by atoms with Gasteiger partial charge in [0.15, 0.2) is 0 Å². The summed E-state index contributed by atoms with van der Waals surface area (Å²) in [6.07, 6.45) is 0.569. The maximum atomic E-state index is 12.6. The molecule has 0 aliphatic heterocycles. The van der Waals surface area contributed by atoms with Gasteiger partial charge in [-0.25, -0.2) is 8.42 Å². The first kappa shape index (κ1) is 22.9. The lowest BCUT2D eigenvalue weighted by Gasteiger charge is -2.18. The molecular formula is C20H24ClN3O4S. The molecule has 2 amide bonds. The number of halogens is 1. The summed E-state index contributed by atoms with van der Waals surface area (Å²) in [6.45, 7) is 4.15. The average Bonchev–Trinajstić information content (AvgIpc) is 2.72. The molecule has 0 spiro atoms. The number of aryl methyl sites for hydroxylation is 1. The Balaban J connectivity index is 1.97. The molecule has 2 rings (SSSR count). The second-order valence-electron chi connectivity index (χ2n) is 6.21. The van der Waals surface area contributed by atoms with Crippen LogP contribution in [0.4, 0.5) is 0 Å². The molecule has 0 saturated carbocycles. The summed E-state index contributed by atoms with van der Waals surface area (Å²) in [5.74, 6) is -0.988. The lowest BCUT2D eigenvalue weighted by molar-refractivity contribution is -0.121. The summed E-state index contributed by atoms with van der Waals surface area (Å²) in [6, 6.07) is 12.9. The van der Waals surface area contributed by atoms with Gasteiger partial charge in [0.2, 0.25) is 15.9 Å². The van der Waals surface area contributed by atoms with Crippen molar-refractivity contribution in [2.45, 2.75) is 31.6 Å². The van der Waals surface area contributed by atoms with Crippen molar-refractivity contribution >= 4 is 33.4 Å². The van der Waals surface area contributed by atoms with Gasteiger partial charge in [0.1, 0.15) is 0 Å². The summed E-state index contributed by atoms with van der Waals surface area (Å²) in [7, 11) is -3.68. The Bertz CT molecular complexity index is 975. The zero-order valence-electron chi connectivity index (χ0n) is 16.3. The molecule has 9 heteroatoms. The van der Waals surface area contributed by atoms with Crippen LogP contribution in [-0.2, 0) is 21.2 Å². The molecule has 2 aromatic carbocycles. The molecule has 2 aromatic rings. The molecule has 29 heavy (non-hydrogen) atoms. The van der Waals surface area contributed by atoms with Gasteiger partial charge in [-0.2, -0.15) is 4.31 Å². The number of carbonyl (C=O) groups is 2. The van der Waals surface area contributed by atoms with Crippen LogP contribution in [0.5, 0.6) is 0 Å². The fourth-order valence-corrected chi connectivity index (χ4v) is 4.46. The van der Waals surface area contributed by atoms with Crippen LogP contribution >= 0.6 is 11.6 Å². The molecule has 7 nitrogen and oxygen atoms in total. The molecule has 156 valence electrons. The van der Waals surface area contributed by atoms with E-state index >= 15 is 0 Å². The van der Waals surface area contributed by atoms with E-state index in [1.54, 1.807) is 26.0 Å². The predicted octanol–water partition coefficient (Wildman–Crippen LogP) is 2.76. The maximum absolute atomic E-state index is 12.6. The first-order chi connectivity index (χ1) is 13.8. The van der Waals surface area contributed by atoms with Crippen molar-refractivity contribution in [3.63, 3.8) is 0 Å². The Hall–Kier alpha value is -2.42. The minimum absolute atomic E-state index is 0.0268. The van der Waals surface area contributed by atoms with E-state index in [4.69, 9.17) is 11.6 Å². The highest BCUT2D eigenvalue weighted by Crippen LogP contribution is 2.17. The van der Waals surface area contributed by atoms with E-state index in [9.17, 15) is 18.0 Å². The van der Waals surface area contributed by atoms with Crippen molar-refractivity contribution in [3.8, 4) is 0 Å². The Kier molecular flexibility index (Phi) is 8.19. The Morgan fingerprint density at radius 1 is 1.00 bits per heavy atom. The molecule has 0 fully saturated rings. The van der Waals surface area contributed by atoms with Gasteiger partial charge in [-0.3, -0.25) is 20.4 Å². The van der Waals surface area contributed by atoms with Gasteiger partial charge in [-0.15, -0.1) is 0 Å². The molecule has 0 atom stereocenters. The van der Waals surface area contributed by atoms with E-state index in [1.165, 1.54) is 28.6 Å². The van der Waals surface area contributed by atoms with Crippen LogP contribution in [0.25, 0.3) is 0 Å². The van der Waals surface area contributed by atoms with Crippen molar-refractivity contribution in [1.29, 1.82) is 0 Å². The third-order valence-corrected chi connectivity index (χ3v) is 6.75. The number of hydrogen-bond donors (Lipinski definition) is 2. The predicted molar refractivity (Wildman–Crippen MR) is 112 cm³/mol. The normalized spacial score (nSPS) is 11.3. The molecule has 0 aliphatic carbocycles. The number of amides is 2. The zero-order chi connectivity index (χ0) is 21.4. The maximum Gasteiger partial charge on any atom is 0.269 e. The minimum atomic E-state index is -3.68. The van der Waals surface area contributed by atoms with Crippen LogP contribution in [0, 0.1) is 0 Å². The van der Waals surface area contributed by atoms with E-state index in [0.29, 0.717) is 24.5 Å². The second kappa shape index (κ2) is 10.4. The molecule has 0 heterocycles. The van der Waals surface area contributed by atoms with Crippen LogP contribution in [0.15, 0.2) is 53.4 Å². The number of carbonyl (C=O) groups excluding carboxylic acids is 2. The number of nitrogens with one attached hydrogen (secondary N) is 2. The van der Waals surface area contributed by atoms with E-state index in [0.717, 1.165) is 5.56 Å². The van der Waals surface area contributed by atoms with Gasteiger partial charge >= 0.3 is 0 Å². The average molecular weight is 438 g/mol. The third kappa shape index (κ3) is 6.03. The van der Waals surface area contributed by atoms with Crippen LogP contribution in [0.3, 0.4) is 0 Å². The first-order valence-corrected chi connectivity index (χ1v) is 11.0. The van der Waals surface area contributed by atoms with Gasteiger partial charge < -0.3 is 0 Å². The summed E-state index contributed by atoms with van der Waals surface area (Å²) in [4.78, 5) is 24.3. The number of nitrogens with zero attached hydrogens (tertiary/aromatic N) is 1. The molecule has 0 aliphatic rings. The molecule has 0 unspecified atom stereocenters. The minimum Gasteiger partial charge on any atom is -0.273 e. The van der Waals surface area contributed by atoms with Gasteiger partial charge in [0.25, 0.3) is 5.91 Å². The van der Waals surface area contributed by atoms with Crippen LogP contribution in [0.1, 0.15) is 36.2 Å². The Morgan fingerprint density at radius 2 is 1.69 bits per heavy atom. The van der Waals surface area contributed by atoms with Crippen LogP contribution < -0.4 is 10.9 Å². The van der Waals surface area contributed by atoms with E-state index in [-0.39, 0.29) is 22.8 Å². The summed E-state index contributed by atoms with van der Waals surface area (Å²) in [5.41, 5.74) is 5.61. The molecule has 2 N–H and O–H groups in total. The lowest BCUT2D eigenvalue weighted by atomic mass is 10.1. The topological polar surface area (TPSA) is 95.6 Å². The monoisotopic (exact) mass is 437 g/mol. The highest BCUT2D eigenvalue weighted by Gasteiger charge is 2.22. The van der Waals surface area contributed by atoms with E-state index in [1.807, 2.05) is 12.1 Å². The number of hydrazine groups is 1. The summed E-state index contributed by atoms with van der Waals surface area (Å²) < 4.78 is 26.5. The quantitative estimate of drug-likeness (QED) is 0.620. The van der Waals surface area contributed by atoms with E-state index in [2.05, 4.69) is 10.9 Å². The van der Waals surface area contributed by atoms with Gasteiger partial charge in [0, 0.05) is 30.1 Å². The number of rotatable bonds is 8. The highest BCUT2D eigenvalue weighted by molar-refractivity contribution is 7.89. The fourth-order valence-electron chi connectivity index (χ4n) is 2.72. The largest absolute Gasteiger partial charge is 0.273 e. The Morgan fingerprint density at radius 3 is 2.34 bits per heavy atom. The molecular weight excluding hydrogens is 414 g/mol. The number of benzene rings is 2. The standard InChI is InChI=1S/C20H24ClN3O4S/c1-3-24(4-2)29(27,28)17-10-7-9-16(14-17)20(26)23-22-19(25)13-12-15-8-5-6-11-18(15)21/h5-11,14H,3-4,12-13H2,1-2H3,(H,22,25)(H,23,26). The van der Waals surface area contributed by atoms with Crippen LogP contribution in [-0.4, -0.2) is 37.6 Å². The fraction of sp³-hybridized carbons (Fsp3) is 0.300. The van der Waals surface area contributed by atoms with Gasteiger partial charge in [-0.05, 0) is 36.2 Å². The molecule has 0 aromatic heterocycles. The summed E-state index contributed by atoms with van der Waals surface area (Å²) in [5, 5.41) is 0.579. The zero-order valence-corrected chi connectivity index (χ0v) is 17.9. The van der Waals surface area contributed by atoms with Gasteiger partial charge in [-0.1, -0.05) is 49.7 Å². The van der Waals surface area contributed by atoms with Gasteiger partial charge in [0.05, 0.1) is 4.90 Å². The molecule has 0 saturated heterocycles. The molecule has 0 radical (unpaired) electrons.